The molecule has 9 heteroatoms. The molecule has 1 amide bonds. The highest BCUT2D eigenvalue weighted by atomic mass is 35.5. The first-order chi connectivity index (χ1) is 17.4. The number of aromatic nitrogens is 2. The van der Waals surface area contributed by atoms with Crippen LogP contribution >= 0.6 is 22.9 Å². The number of imidazole rings is 1. The number of thiazole rings is 1. The van der Waals surface area contributed by atoms with E-state index < -0.39 is 17.7 Å². The van der Waals surface area contributed by atoms with Crippen LogP contribution < -0.4 is 5.32 Å². The highest BCUT2D eigenvalue weighted by Crippen LogP contribution is 2.38. The Hall–Kier alpha value is -3.23. The van der Waals surface area contributed by atoms with Crippen LogP contribution in [0, 0.1) is 11.7 Å². The molecule has 0 aliphatic heterocycles. The van der Waals surface area contributed by atoms with Crippen LogP contribution in [0.15, 0.2) is 54.9 Å². The molecule has 186 valence electrons. The SMILES string of the molecule is O=C(O)CC1CCC(c2ccc(-c3cn4cc(C(=O)NCc5c(F)cccc5Cl)nc4s3)cc2)CC1. The zero-order chi connectivity index (χ0) is 25.2. The molecule has 1 aliphatic carbocycles. The smallest absolute Gasteiger partial charge is 0.303 e. The van der Waals surface area contributed by atoms with Crippen molar-refractivity contribution < 1.29 is 19.1 Å². The number of hydrogen-bond donors (Lipinski definition) is 2. The molecule has 5 rings (SSSR count). The number of hydrogen-bond acceptors (Lipinski definition) is 4. The summed E-state index contributed by atoms with van der Waals surface area (Å²) in [6.45, 7) is -0.0195. The third kappa shape index (κ3) is 5.29. The van der Waals surface area contributed by atoms with Crippen molar-refractivity contribution in [1.82, 2.24) is 14.7 Å². The molecular formula is C27H25ClFN3O3S. The van der Waals surface area contributed by atoms with E-state index in [4.69, 9.17) is 16.7 Å². The van der Waals surface area contributed by atoms with Crippen molar-refractivity contribution in [2.24, 2.45) is 5.92 Å². The summed E-state index contributed by atoms with van der Waals surface area (Å²) in [5.74, 6) is -0.788. The normalized spacial score (nSPS) is 17.8. The maximum atomic E-state index is 13.9. The molecule has 0 bridgehead atoms. The minimum atomic E-state index is -0.703. The second kappa shape index (κ2) is 10.4. The van der Waals surface area contributed by atoms with E-state index >= 15 is 0 Å². The Morgan fingerprint density at radius 1 is 1.11 bits per heavy atom. The fraction of sp³-hybridized carbons (Fsp3) is 0.296. The Bertz CT molecular complexity index is 1360. The maximum Gasteiger partial charge on any atom is 0.303 e. The molecule has 0 radical (unpaired) electrons. The van der Waals surface area contributed by atoms with Gasteiger partial charge in [-0.2, -0.15) is 0 Å². The zero-order valence-corrected chi connectivity index (χ0v) is 21.0. The lowest BCUT2D eigenvalue weighted by molar-refractivity contribution is -0.138. The van der Waals surface area contributed by atoms with Gasteiger partial charge >= 0.3 is 5.97 Å². The third-order valence-electron chi connectivity index (χ3n) is 6.85. The molecule has 0 saturated heterocycles. The van der Waals surface area contributed by atoms with E-state index in [0.29, 0.717) is 16.8 Å². The molecular weight excluding hydrogens is 501 g/mol. The fourth-order valence-electron chi connectivity index (χ4n) is 4.87. The Morgan fingerprint density at radius 2 is 1.86 bits per heavy atom. The van der Waals surface area contributed by atoms with E-state index in [-0.39, 0.29) is 29.2 Å². The summed E-state index contributed by atoms with van der Waals surface area (Å²) in [7, 11) is 0. The molecule has 1 fully saturated rings. The van der Waals surface area contributed by atoms with Gasteiger partial charge < -0.3 is 10.4 Å². The van der Waals surface area contributed by atoms with Gasteiger partial charge in [0.05, 0.1) is 4.88 Å². The van der Waals surface area contributed by atoms with E-state index in [1.165, 1.54) is 29.0 Å². The molecule has 0 unspecified atom stereocenters. The molecule has 36 heavy (non-hydrogen) atoms. The summed E-state index contributed by atoms with van der Waals surface area (Å²) >= 11 is 7.52. The van der Waals surface area contributed by atoms with Gasteiger partial charge in [-0.05, 0) is 60.8 Å². The summed E-state index contributed by atoms with van der Waals surface area (Å²) in [5, 5.41) is 12.0. The summed E-state index contributed by atoms with van der Waals surface area (Å²) in [5.41, 5.74) is 2.87. The second-order valence-corrected chi connectivity index (χ2v) is 10.6. The van der Waals surface area contributed by atoms with Crippen LogP contribution in [0.2, 0.25) is 5.02 Å². The average Bonchev–Trinajstić information content (AvgIpc) is 3.44. The zero-order valence-electron chi connectivity index (χ0n) is 19.4. The lowest BCUT2D eigenvalue weighted by atomic mass is 9.77. The number of nitrogens with one attached hydrogen (secondary N) is 1. The van der Waals surface area contributed by atoms with Gasteiger partial charge in [0, 0.05) is 35.9 Å². The number of fused-ring (bicyclic) bond motifs is 1. The predicted octanol–water partition coefficient (Wildman–Crippen LogP) is 6.53. The number of rotatable bonds is 7. The topological polar surface area (TPSA) is 83.7 Å². The molecule has 0 spiro atoms. The molecule has 2 heterocycles. The number of benzene rings is 2. The van der Waals surface area contributed by atoms with Crippen molar-refractivity contribution in [1.29, 1.82) is 0 Å². The van der Waals surface area contributed by atoms with Crippen molar-refractivity contribution in [2.45, 2.75) is 44.6 Å². The van der Waals surface area contributed by atoms with Crippen LogP contribution in [0.1, 0.15) is 59.6 Å². The second-order valence-electron chi connectivity index (χ2n) is 9.23. The van der Waals surface area contributed by atoms with Crippen LogP contribution in [0.5, 0.6) is 0 Å². The number of carbonyl (C=O) groups is 2. The van der Waals surface area contributed by atoms with Crippen molar-refractivity contribution in [3.8, 4) is 10.4 Å². The molecule has 0 atom stereocenters. The van der Waals surface area contributed by atoms with Gasteiger partial charge in [-0.15, -0.1) is 0 Å². The summed E-state index contributed by atoms with van der Waals surface area (Å²) in [6.07, 6.45) is 7.86. The number of amides is 1. The van der Waals surface area contributed by atoms with Crippen LogP contribution in [0.3, 0.4) is 0 Å². The molecule has 6 nitrogen and oxygen atoms in total. The molecule has 1 saturated carbocycles. The van der Waals surface area contributed by atoms with Gasteiger partial charge in [0.25, 0.3) is 5.91 Å². The third-order valence-corrected chi connectivity index (χ3v) is 8.25. The van der Waals surface area contributed by atoms with E-state index in [2.05, 4.69) is 34.6 Å². The van der Waals surface area contributed by atoms with Crippen molar-refractivity contribution in [3.63, 3.8) is 0 Å². The van der Waals surface area contributed by atoms with Gasteiger partial charge in [0.15, 0.2) is 4.96 Å². The number of carbonyl (C=O) groups excluding carboxylic acids is 1. The predicted molar refractivity (Wildman–Crippen MR) is 138 cm³/mol. The van der Waals surface area contributed by atoms with Crippen LogP contribution in [0.4, 0.5) is 4.39 Å². The van der Waals surface area contributed by atoms with Gasteiger partial charge in [0.2, 0.25) is 0 Å². The monoisotopic (exact) mass is 525 g/mol. The highest BCUT2D eigenvalue weighted by Gasteiger charge is 2.24. The average molecular weight is 526 g/mol. The van der Waals surface area contributed by atoms with Crippen molar-refractivity contribution in [3.05, 3.63) is 82.5 Å². The first-order valence-corrected chi connectivity index (χ1v) is 13.1. The van der Waals surface area contributed by atoms with E-state index in [9.17, 15) is 14.0 Å². The lowest BCUT2D eigenvalue weighted by Gasteiger charge is -2.28. The van der Waals surface area contributed by atoms with E-state index in [0.717, 1.165) is 36.1 Å². The van der Waals surface area contributed by atoms with Gasteiger partial charge in [-0.3, -0.25) is 14.0 Å². The number of carboxylic acids is 1. The molecule has 2 aromatic carbocycles. The largest absolute Gasteiger partial charge is 0.481 e. The van der Waals surface area contributed by atoms with Gasteiger partial charge in [0.1, 0.15) is 11.5 Å². The molecule has 2 aromatic heterocycles. The first-order valence-electron chi connectivity index (χ1n) is 11.9. The Kier molecular flexibility index (Phi) is 7.07. The minimum Gasteiger partial charge on any atom is -0.481 e. The first kappa shape index (κ1) is 24.5. The number of nitrogens with zero attached hydrogens (tertiary/aromatic N) is 2. The number of halogens is 2. The van der Waals surface area contributed by atoms with Crippen LogP contribution in [-0.4, -0.2) is 26.4 Å². The summed E-state index contributed by atoms with van der Waals surface area (Å²) < 4.78 is 15.8. The Labute approximate surface area is 216 Å². The van der Waals surface area contributed by atoms with Crippen molar-refractivity contribution in [2.75, 3.05) is 0 Å². The van der Waals surface area contributed by atoms with Crippen LogP contribution in [0.25, 0.3) is 15.4 Å². The molecule has 4 aromatic rings. The molecule has 1 aliphatic rings. The summed E-state index contributed by atoms with van der Waals surface area (Å²) in [6, 6.07) is 12.9. The highest BCUT2D eigenvalue weighted by molar-refractivity contribution is 7.20. The number of carboxylic acid groups (broad SMARTS) is 1. The quantitative estimate of drug-likeness (QED) is 0.287. The number of aliphatic carboxylic acids is 1. The van der Waals surface area contributed by atoms with Crippen molar-refractivity contribution >= 4 is 39.8 Å². The van der Waals surface area contributed by atoms with E-state index in [1.807, 2.05) is 10.6 Å². The lowest BCUT2D eigenvalue weighted by Crippen LogP contribution is -2.23. The standard InChI is InChI=1S/C27H25ClFN3O3S/c28-21-2-1-3-22(29)20(21)13-30-26(35)23-14-32-15-24(36-27(32)31-23)19-10-8-18(9-11-19)17-6-4-16(5-7-17)12-25(33)34/h1-3,8-11,14-17H,4-7,12-13H2,(H,30,35)(H,33,34). The van der Waals surface area contributed by atoms with Crippen LogP contribution in [-0.2, 0) is 11.3 Å². The molecule has 2 N–H and O–H groups in total. The minimum absolute atomic E-state index is 0.0195. The summed E-state index contributed by atoms with van der Waals surface area (Å²) in [4.78, 5) is 29.7. The Morgan fingerprint density at radius 3 is 2.53 bits per heavy atom. The van der Waals surface area contributed by atoms with E-state index in [1.54, 1.807) is 12.3 Å². The Balaban J connectivity index is 1.22. The maximum absolute atomic E-state index is 13.9. The van der Waals surface area contributed by atoms with Gasteiger partial charge in [-0.25, -0.2) is 9.37 Å². The fourth-order valence-corrected chi connectivity index (χ4v) is 6.07. The van der Waals surface area contributed by atoms with Gasteiger partial charge in [-0.1, -0.05) is 53.3 Å².